The predicted octanol–water partition coefficient (Wildman–Crippen LogP) is 4.32. The summed E-state index contributed by atoms with van der Waals surface area (Å²) in [4.78, 5) is 27.4. The number of nitrogens with zero attached hydrogens (tertiary/aromatic N) is 1. The molecule has 0 aliphatic carbocycles. The quantitative estimate of drug-likeness (QED) is 0.788. The summed E-state index contributed by atoms with van der Waals surface area (Å²) in [6.07, 6.45) is 0.162. The van der Waals surface area contributed by atoms with Gasteiger partial charge in [0, 0.05) is 17.6 Å². The van der Waals surface area contributed by atoms with Crippen molar-refractivity contribution in [3.63, 3.8) is 0 Å². The zero-order chi connectivity index (χ0) is 21.8. The van der Waals surface area contributed by atoms with Crippen LogP contribution in [0.5, 0.6) is 0 Å². The second kappa shape index (κ2) is 9.21. The molecule has 0 saturated carbocycles. The van der Waals surface area contributed by atoms with E-state index in [1.54, 1.807) is 25.1 Å². The number of hydrogen-bond acceptors (Lipinski definition) is 2. The summed E-state index contributed by atoms with van der Waals surface area (Å²) in [7, 11) is 0. The highest BCUT2D eigenvalue weighted by atomic mass is 19.1. The number of aryl methyl sites for hydroxylation is 2. The fourth-order valence-electron chi connectivity index (χ4n) is 3.12. The van der Waals surface area contributed by atoms with Gasteiger partial charge in [0.15, 0.2) is 0 Å². The van der Waals surface area contributed by atoms with Crippen LogP contribution < -0.4 is 5.32 Å². The maximum absolute atomic E-state index is 14.3. The van der Waals surface area contributed by atoms with Crippen molar-refractivity contribution in [3.05, 3.63) is 70.5 Å². The molecule has 2 aromatic carbocycles. The van der Waals surface area contributed by atoms with Crippen LogP contribution in [0.1, 0.15) is 49.9 Å². The first kappa shape index (κ1) is 22.6. The summed E-state index contributed by atoms with van der Waals surface area (Å²) in [5.41, 5.74) is 2.96. The monoisotopic (exact) mass is 398 g/mol. The van der Waals surface area contributed by atoms with Crippen LogP contribution in [-0.4, -0.2) is 28.3 Å². The normalized spacial score (nSPS) is 12.4. The molecule has 0 aliphatic heterocycles. The Labute approximate surface area is 173 Å². The van der Waals surface area contributed by atoms with Crippen molar-refractivity contribution in [1.29, 1.82) is 0 Å². The van der Waals surface area contributed by atoms with Gasteiger partial charge in [-0.1, -0.05) is 42.0 Å². The zero-order valence-electron chi connectivity index (χ0n) is 18.2. The van der Waals surface area contributed by atoms with Crippen molar-refractivity contribution in [2.75, 3.05) is 0 Å². The van der Waals surface area contributed by atoms with Gasteiger partial charge < -0.3 is 10.2 Å². The van der Waals surface area contributed by atoms with Crippen LogP contribution in [0.4, 0.5) is 4.39 Å². The molecule has 0 fully saturated rings. The van der Waals surface area contributed by atoms with E-state index in [1.807, 2.05) is 52.8 Å². The molecule has 2 amide bonds. The molecule has 0 radical (unpaired) electrons. The summed E-state index contributed by atoms with van der Waals surface area (Å²) in [6.45, 7) is 11.3. The van der Waals surface area contributed by atoms with Crippen LogP contribution in [0, 0.1) is 19.7 Å². The van der Waals surface area contributed by atoms with E-state index < -0.39 is 11.6 Å². The third-order valence-electron chi connectivity index (χ3n) is 4.81. The number of benzene rings is 2. The van der Waals surface area contributed by atoms with Gasteiger partial charge in [-0.2, -0.15) is 0 Å². The van der Waals surface area contributed by atoms with Crippen molar-refractivity contribution >= 4 is 11.8 Å². The van der Waals surface area contributed by atoms with Gasteiger partial charge in [0.05, 0.1) is 6.42 Å². The first-order valence-electron chi connectivity index (χ1n) is 9.89. The lowest BCUT2D eigenvalue weighted by Crippen LogP contribution is -2.52. The molecule has 0 aliphatic rings. The minimum atomic E-state index is -0.730. The molecular formula is C24H31FN2O2. The summed E-state index contributed by atoms with van der Waals surface area (Å²) in [5.74, 6) is -0.859. The van der Waals surface area contributed by atoms with Gasteiger partial charge in [-0.25, -0.2) is 4.39 Å². The third-order valence-corrected chi connectivity index (χ3v) is 4.81. The molecule has 0 heterocycles. The number of nitrogens with one attached hydrogen (secondary N) is 1. The summed E-state index contributed by atoms with van der Waals surface area (Å²) in [6, 6.07) is 11.6. The van der Waals surface area contributed by atoms with Crippen LogP contribution >= 0.6 is 0 Å². The highest BCUT2D eigenvalue weighted by Gasteiger charge is 2.29. The molecule has 0 spiro atoms. The Morgan fingerprint density at radius 3 is 2.34 bits per heavy atom. The average molecular weight is 399 g/mol. The molecule has 0 saturated heterocycles. The standard InChI is InChI=1S/C24H31FN2O2/c1-16-11-12-17(2)20(13-16)14-22(28)27(15-19-9-7-8-10-21(19)25)18(3)23(29)26-24(4,5)6/h7-13,18H,14-15H2,1-6H3,(H,26,29)/t18-/m1/s1. The van der Waals surface area contributed by atoms with Crippen LogP contribution in [-0.2, 0) is 22.6 Å². The Balaban J connectivity index is 2.32. The molecule has 2 rings (SSSR count). The molecule has 5 heteroatoms. The first-order chi connectivity index (χ1) is 13.5. The molecule has 1 N–H and O–H groups in total. The zero-order valence-corrected chi connectivity index (χ0v) is 18.2. The Morgan fingerprint density at radius 1 is 1.07 bits per heavy atom. The number of carbonyl (C=O) groups excluding carboxylic acids is 2. The largest absolute Gasteiger partial charge is 0.350 e. The maximum Gasteiger partial charge on any atom is 0.242 e. The molecule has 4 nitrogen and oxygen atoms in total. The lowest BCUT2D eigenvalue weighted by atomic mass is 10.0. The summed E-state index contributed by atoms with van der Waals surface area (Å²) < 4.78 is 14.3. The van der Waals surface area contributed by atoms with E-state index >= 15 is 0 Å². The Morgan fingerprint density at radius 2 is 1.72 bits per heavy atom. The van der Waals surface area contributed by atoms with Gasteiger partial charge in [-0.3, -0.25) is 9.59 Å². The first-order valence-corrected chi connectivity index (χ1v) is 9.89. The van der Waals surface area contributed by atoms with E-state index in [0.717, 1.165) is 16.7 Å². The van der Waals surface area contributed by atoms with E-state index in [4.69, 9.17) is 0 Å². The molecule has 2 aromatic rings. The van der Waals surface area contributed by atoms with E-state index in [2.05, 4.69) is 5.32 Å². The molecular weight excluding hydrogens is 367 g/mol. The van der Waals surface area contributed by atoms with Crippen molar-refractivity contribution < 1.29 is 14.0 Å². The second-order valence-electron chi connectivity index (χ2n) is 8.63. The number of hydrogen-bond donors (Lipinski definition) is 1. The van der Waals surface area contributed by atoms with Gasteiger partial charge in [-0.15, -0.1) is 0 Å². The van der Waals surface area contributed by atoms with Gasteiger partial charge in [0.2, 0.25) is 11.8 Å². The van der Waals surface area contributed by atoms with Crippen molar-refractivity contribution in [3.8, 4) is 0 Å². The van der Waals surface area contributed by atoms with E-state index in [-0.39, 0.29) is 30.6 Å². The molecule has 0 aromatic heterocycles. The Bertz CT molecular complexity index is 887. The molecule has 0 unspecified atom stereocenters. The molecule has 29 heavy (non-hydrogen) atoms. The van der Waals surface area contributed by atoms with Crippen LogP contribution in [0.15, 0.2) is 42.5 Å². The molecule has 0 bridgehead atoms. The van der Waals surface area contributed by atoms with Crippen molar-refractivity contribution in [2.45, 2.75) is 66.1 Å². The van der Waals surface area contributed by atoms with Crippen molar-refractivity contribution in [1.82, 2.24) is 10.2 Å². The van der Waals surface area contributed by atoms with Crippen molar-refractivity contribution in [2.24, 2.45) is 0 Å². The van der Waals surface area contributed by atoms with Gasteiger partial charge >= 0.3 is 0 Å². The summed E-state index contributed by atoms with van der Waals surface area (Å²) >= 11 is 0. The van der Waals surface area contributed by atoms with Crippen LogP contribution in [0.25, 0.3) is 0 Å². The fraction of sp³-hybridized carbons (Fsp3) is 0.417. The SMILES string of the molecule is Cc1ccc(C)c(CC(=O)N(Cc2ccccc2F)[C@H](C)C(=O)NC(C)(C)C)c1. The van der Waals surface area contributed by atoms with Gasteiger partial charge in [-0.05, 0) is 58.7 Å². The lowest BCUT2D eigenvalue weighted by molar-refractivity contribution is -0.140. The van der Waals surface area contributed by atoms with Gasteiger partial charge in [0.25, 0.3) is 0 Å². The predicted molar refractivity (Wildman–Crippen MR) is 114 cm³/mol. The molecule has 156 valence electrons. The highest BCUT2D eigenvalue weighted by Crippen LogP contribution is 2.18. The van der Waals surface area contributed by atoms with E-state index in [1.165, 1.54) is 11.0 Å². The lowest BCUT2D eigenvalue weighted by Gasteiger charge is -2.31. The second-order valence-corrected chi connectivity index (χ2v) is 8.63. The minimum absolute atomic E-state index is 0.0368. The fourth-order valence-corrected chi connectivity index (χ4v) is 3.12. The number of rotatable bonds is 6. The Hall–Kier alpha value is -2.69. The highest BCUT2D eigenvalue weighted by molar-refractivity contribution is 5.88. The average Bonchev–Trinajstić information content (AvgIpc) is 2.62. The number of amides is 2. The maximum atomic E-state index is 14.3. The topological polar surface area (TPSA) is 49.4 Å². The van der Waals surface area contributed by atoms with E-state index in [0.29, 0.717) is 5.56 Å². The van der Waals surface area contributed by atoms with Gasteiger partial charge in [0.1, 0.15) is 11.9 Å². The summed E-state index contributed by atoms with van der Waals surface area (Å²) in [5, 5.41) is 2.91. The minimum Gasteiger partial charge on any atom is -0.350 e. The van der Waals surface area contributed by atoms with Crippen LogP contribution in [0.3, 0.4) is 0 Å². The smallest absolute Gasteiger partial charge is 0.242 e. The molecule has 1 atom stereocenters. The Kier molecular flexibility index (Phi) is 7.17. The van der Waals surface area contributed by atoms with Crippen LogP contribution in [0.2, 0.25) is 0 Å². The number of halogens is 1. The number of carbonyl (C=O) groups is 2. The van der Waals surface area contributed by atoms with E-state index in [9.17, 15) is 14.0 Å². The third kappa shape index (κ3) is 6.41.